The van der Waals surface area contributed by atoms with Crippen LogP contribution in [-0.4, -0.2) is 14.8 Å². The maximum Gasteiger partial charge on any atom is 0.137 e. The molecule has 5 nitrogen and oxygen atoms in total. The van der Waals surface area contributed by atoms with Gasteiger partial charge in [-0.25, -0.2) is 4.98 Å². The van der Waals surface area contributed by atoms with E-state index in [9.17, 15) is 0 Å². The monoisotopic (exact) mass is 351 g/mol. The second-order valence-corrected chi connectivity index (χ2v) is 5.84. The quantitative estimate of drug-likeness (QED) is 0.627. The van der Waals surface area contributed by atoms with Crippen LogP contribution in [0.15, 0.2) is 53.7 Å². The Morgan fingerprint density at radius 1 is 1.26 bits per heavy atom. The van der Waals surface area contributed by atoms with E-state index < -0.39 is 0 Å². The first kappa shape index (κ1) is 16.1. The van der Waals surface area contributed by atoms with Gasteiger partial charge in [0.05, 0.1) is 12.9 Å². The highest BCUT2D eigenvalue weighted by Gasteiger charge is 2.16. The third-order valence-corrected chi connectivity index (χ3v) is 3.99. The van der Waals surface area contributed by atoms with Crippen molar-refractivity contribution in [1.82, 2.24) is 14.8 Å². The Bertz CT molecular complexity index is 730. The van der Waals surface area contributed by atoms with Crippen molar-refractivity contribution >= 4 is 23.2 Å². The topological polar surface area (TPSA) is 53.1 Å². The van der Waals surface area contributed by atoms with Crippen LogP contribution in [0.25, 0.3) is 0 Å². The van der Waals surface area contributed by atoms with E-state index in [1.165, 1.54) is 6.33 Å². The maximum absolute atomic E-state index is 6.19. The Labute approximate surface area is 143 Å². The Kier molecular flexibility index (Phi) is 5.33. The zero-order valence-corrected chi connectivity index (χ0v) is 13.7. The van der Waals surface area contributed by atoms with Crippen molar-refractivity contribution < 1.29 is 9.15 Å². The number of hydrogen-bond acceptors (Lipinski definition) is 4. The Hall–Kier alpha value is -1.82. The zero-order valence-electron chi connectivity index (χ0n) is 12.2. The van der Waals surface area contributed by atoms with Gasteiger partial charge >= 0.3 is 0 Å². The van der Waals surface area contributed by atoms with Gasteiger partial charge in [-0.2, -0.15) is 5.10 Å². The molecule has 3 rings (SSSR count). The third kappa shape index (κ3) is 4.34. The summed E-state index contributed by atoms with van der Waals surface area (Å²) in [4.78, 5) is 3.93. The highest BCUT2D eigenvalue weighted by atomic mass is 35.5. The standard InChI is InChI=1S/C16H15Cl2N3O2/c17-13-4-3-12(14(18)8-13)9-23-16(15-2-1-7-22-15)5-6-21-11-19-10-20-21/h1-4,7-8,10-11,16H,5-6,9H2. The lowest BCUT2D eigenvalue weighted by molar-refractivity contribution is 0.0165. The van der Waals surface area contributed by atoms with E-state index >= 15 is 0 Å². The molecule has 0 spiro atoms. The van der Waals surface area contributed by atoms with Gasteiger partial charge in [0.2, 0.25) is 0 Å². The van der Waals surface area contributed by atoms with Crippen LogP contribution in [0.5, 0.6) is 0 Å². The van der Waals surface area contributed by atoms with Crippen molar-refractivity contribution in [2.75, 3.05) is 0 Å². The first-order valence-electron chi connectivity index (χ1n) is 7.14. The van der Waals surface area contributed by atoms with E-state index in [1.54, 1.807) is 29.4 Å². The number of rotatable bonds is 7. The van der Waals surface area contributed by atoms with Crippen molar-refractivity contribution in [2.24, 2.45) is 0 Å². The van der Waals surface area contributed by atoms with Gasteiger partial charge in [0.15, 0.2) is 0 Å². The van der Waals surface area contributed by atoms with Gasteiger partial charge in [-0.15, -0.1) is 0 Å². The fourth-order valence-corrected chi connectivity index (χ4v) is 2.67. The van der Waals surface area contributed by atoms with Crippen LogP contribution < -0.4 is 0 Å². The predicted molar refractivity (Wildman–Crippen MR) is 87.3 cm³/mol. The van der Waals surface area contributed by atoms with Gasteiger partial charge < -0.3 is 9.15 Å². The number of aromatic nitrogens is 3. The average Bonchev–Trinajstić information content (AvgIpc) is 3.22. The van der Waals surface area contributed by atoms with E-state index in [2.05, 4.69) is 10.1 Å². The van der Waals surface area contributed by atoms with Gasteiger partial charge in [0, 0.05) is 23.0 Å². The van der Waals surface area contributed by atoms with Crippen LogP contribution in [0.2, 0.25) is 10.0 Å². The van der Waals surface area contributed by atoms with Crippen molar-refractivity contribution in [2.45, 2.75) is 25.7 Å². The van der Waals surface area contributed by atoms with E-state index in [0.717, 1.165) is 11.3 Å². The lowest BCUT2D eigenvalue weighted by Gasteiger charge is -2.16. The molecule has 0 saturated heterocycles. The molecule has 120 valence electrons. The molecule has 0 aliphatic rings. The number of nitrogens with zero attached hydrogens (tertiary/aromatic N) is 3. The van der Waals surface area contributed by atoms with E-state index in [4.69, 9.17) is 32.4 Å². The molecule has 2 aromatic heterocycles. The van der Waals surface area contributed by atoms with Crippen molar-refractivity contribution in [3.8, 4) is 0 Å². The smallest absolute Gasteiger partial charge is 0.137 e. The molecule has 0 aliphatic carbocycles. The molecule has 1 atom stereocenters. The fourth-order valence-electron chi connectivity index (χ4n) is 2.21. The lowest BCUT2D eigenvalue weighted by atomic mass is 10.2. The molecule has 0 N–H and O–H groups in total. The van der Waals surface area contributed by atoms with Crippen molar-refractivity contribution in [1.29, 1.82) is 0 Å². The zero-order chi connectivity index (χ0) is 16.1. The molecule has 0 aliphatic heterocycles. The van der Waals surface area contributed by atoms with E-state index in [0.29, 0.717) is 29.6 Å². The molecule has 0 saturated carbocycles. The summed E-state index contributed by atoms with van der Waals surface area (Å²) in [7, 11) is 0. The average molecular weight is 352 g/mol. The normalized spacial score (nSPS) is 12.4. The first-order valence-corrected chi connectivity index (χ1v) is 7.89. The van der Waals surface area contributed by atoms with Crippen LogP contribution in [0, 0.1) is 0 Å². The summed E-state index contributed by atoms with van der Waals surface area (Å²) in [6.45, 7) is 1.05. The molecule has 1 unspecified atom stereocenters. The summed E-state index contributed by atoms with van der Waals surface area (Å²) in [5.74, 6) is 0.773. The third-order valence-electron chi connectivity index (χ3n) is 3.40. The lowest BCUT2D eigenvalue weighted by Crippen LogP contribution is -2.09. The van der Waals surface area contributed by atoms with Crippen LogP contribution in [0.3, 0.4) is 0 Å². The molecule has 2 heterocycles. The highest BCUT2D eigenvalue weighted by Crippen LogP contribution is 2.27. The minimum absolute atomic E-state index is 0.194. The minimum Gasteiger partial charge on any atom is -0.467 e. The Morgan fingerprint density at radius 3 is 2.87 bits per heavy atom. The predicted octanol–water partition coefficient (Wildman–Crippen LogP) is 4.53. The van der Waals surface area contributed by atoms with Crippen LogP contribution in [0.4, 0.5) is 0 Å². The van der Waals surface area contributed by atoms with Gasteiger partial charge in [-0.05, 0) is 29.8 Å². The van der Waals surface area contributed by atoms with Crippen LogP contribution in [0.1, 0.15) is 23.8 Å². The molecule has 0 fully saturated rings. The highest BCUT2D eigenvalue weighted by molar-refractivity contribution is 6.35. The SMILES string of the molecule is Clc1ccc(COC(CCn2cncn2)c2ccco2)c(Cl)c1. The maximum atomic E-state index is 6.19. The molecule has 0 amide bonds. The van der Waals surface area contributed by atoms with Gasteiger partial charge in [0.1, 0.15) is 24.5 Å². The van der Waals surface area contributed by atoms with Gasteiger partial charge in [0.25, 0.3) is 0 Å². The van der Waals surface area contributed by atoms with Gasteiger partial charge in [-0.3, -0.25) is 4.68 Å². The molecule has 23 heavy (non-hydrogen) atoms. The summed E-state index contributed by atoms with van der Waals surface area (Å²) in [5.41, 5.74) is 0.883. The number of halogens is 2. The summed E-state index contributed by atoms with van der Waals surface area (Å²) in [6, 6.07) is 9.11. The van der Waals surface area contributed by atoms with E-state index in [-0.39, 0.29) is 6.10 Å². The Balaban J connectivity index is 1.66. The summed E-state index contributed by atoms with van der Waals surface area (Å²) in [6.07, 6.45) is 5.34. The molecular weight excluding hydrogens is 337 g/mol. The van der Waals surface area contributed by atoms with Crippen LogP contribution >= 0.6 is 23.2 Å². The number of ether oxygens (including phenoxy) is 1. The number of benzene rings is 1. The summed E-state index contributed by atoms with van der Waals surface area (Å²) >= 11 is 12.1. The molecular formula is C16H15Cl2N3O2. The first-order chi connectivity index (χ1) is 11.2. The number of aryl methyl sites for hydroxylation is 1. The second-order valence-electron chi connectivity index (χ2n) is 5.00. The number of hydrogen-bond donors (Lipinski definition) is 0. The van der Waals surface area contributed by atoms with Crippen molar-refractivity contribution in [3.05, 3.63) is 70.6 Å². The minimum atomic E-state index is -0.194. The largest absolute Gasteiger partial charge is 0.467 e. The molecule has 1 aromatic carbocycles. The Morgan fingerprint density at radius 2 is 2.17 bits per heavy atom. The van der Waals surface area contributed by atoms with Crippen LogP contribution in [-0.2, 0) is 17.9 Å². The van der Waals surface area contributed by atoms with Gasteiger partial charge in [-0.1, -0.05) is 29.3 Å². The fraction of sp³-hybridized carbons (Fsp3) is 0.250. The van der Waals surface area contributed by atoms with Crippen molar-refractivity contribution in [3.63, 3.8) is 0 Å². The molecule has 7 heteroatoms. The molecule has 3 aromatic rings. The summed E-state index contributed by atoms with van der Waals surface area (Å²) in [5, 5.41) is 5.29. The molecule has 0 radical (unpaired) electrons. The number of furan rings is 1. The summed E-state index contributed by atoms with van der Waals surface area (Å²) < 4.78 is 13.2. The molecule has 0 bridgehead atoms. The second kappa shape index (κ2) is 7.64. The van der Waals surface area contributed by atoms with E-state index in [1.807, 2.05) is 18.2 Å².